The number of nitrogens with one attached hydrogen (secondary N) is 1. The van der Waals surface area contributed by atoms with Crippen LogP contribution in [-0.2, 0) is 6.42 Å². The first-order valence-electron chi connectivity index (χ1n) is 8.11. The molecule has 0 aliphatic heterocycles. The van der Waals surface area contributed by atoms with Crippen LogP contribution in [0.5, 0.6) is 5.75 Å². The third-order valence-electron chi connectivity index (χ3n) is 3.79. The van der Waals surface area contributed by atoms with Gasteiger partial charge >= 0.3 is 6.18 Å². The van der Waals surface area contributed by atoms with E-state index in [9.17, 15) is 13.2 Å². The molecule has 1 unspecified atom stereocenters. The zero-order chi connectivity index (χ0) is 18.3. The number of ether oxygens (including phenoxy) is 1. The molecule has 2 nitrogen and oxygen atoms in total. The number of rotatable bonds is 8. The second-order valence-electron chi connectivity index (χ2n) is 5.85. The van der Waals surface area contributed by atoms with Crippen LogP contribution in [0.3, 0.4) is 0 Å². The van der Waals surface area contributed by atoms with Gasteiger partial charge in [0.25, 0.3) is 0 Å². The maximum atomic E-state index is 12.2. The maximum Gasteiger partial charge on any atom is 0.422 e. The van der Waals surface area contributed by atoms with Crippen LogP contribution in [0.2, 0.25) is 5.02 Å². The Balaban J connectivity index is 1.80. The van der Waals surface area contributed by atoms with Crippen LogP contribution in [0.1, 0.15) is 30.5 Å². The predicted octanol–water partition coefficient (Wildman–Crippen LogP) is 5.56. The van der Waals surface area contributed by atoms with Gasteiger partial charge in [0.1, 0.15) is 5.75 Å². The summed E-state index contributed by atoms with van der Waals surface area (Å²) in [4.78, 5) is 0. The van der Waals surface area contributed by atoms with E-state index < -0.39 is 12.8 Å². The van der Waals surface area contributed by atoms with E-state index in [1.54, 1.807) is 12.1 Å². The highest BCUT2D eigenvalue weighted by Crippen LogP contribution is 2.22. The number of benzene rings is 2. The largest absolute Gasteiger partial charge is 0.484 e. The van der Waals surface area contributed by atoms with Crippen LogP contribution in [0.25, 0.3) is 0 Å². The number of hydrogen-bond donors (Lipinski definition) is 1. The van der Waals surface area contributed by atoms with E-state index in [2.05, 4.69) is 5.32 Å². The molecule has 1 atom stereocenters. The average molecular weight is 372 g/mol. The molecule has 0 saturated heterocycles. The van der Waals surface area contributed by atoms with Crippen LogP contribution < -0.4 is 10.1 Å². The molecule has 25 heavy (non-hydrogen) atoms. The Morgan fingerprint density at radius 1 is 1.12 bits per heavy atom. The van der Waals surface area contributed by atoms with E-state index in [1.807, 2.05) is 37.3 Å². The molecule has 0 aliphatic rings. The minimum Gasteiger partial charge on any atom is -0.484 e. The molecule has 136 valence electrons. The van der Waals surface area contributed by atoms with Gasteiger partial charge in [-0.25, -0.2) is 0 Å². The molecule has 0 radical (unpaired) electrons. The summed E-state index contributed by atoms with van der Waals surface area (Å²) >= 11 is 6.13. The van der Waals surface area contributed by atoms with Crippen molar-refractivity contribution in [2.45, 2.75) is 32.0 Å². The van der Waals surface area contributed by atoms with Gasteiger partial charge in [-0.15, -0.1) is 0 Å². The standard InChI is InChI=1S/C19H21ClF3NO/c1-14(24-11-5-8-15-6-2-3-10-18(15)20)16-7-4-9-17(12-16)25-13-19(21,22)23/h2-4,6-7,9-10,12,14,24H,5,8,11,13H2,1H3. The molecule has 0 saturated carbocycles. The molecular weight excluding hydrogens is 351 g/mol. The van der Waals surface area contributed by atoms with Crippen LogP contribution >= 0.6 is 11.6 Å². The van der Waals surface area contributed by atoms with Crippen molar-refractivity contribution in [2.24, 2.45) is 0 Å². The summed E-state index contributed by atoms with van der Waals surface area (Å²) in [5.41, 5.74) is 2.00. The Morgan fingerprint density at radius 2 is 1.88 bits per heavy atom. The minimum atomic E-state index is -4.33. The van der Waals surface area contributed by atoms with Gasteiger partial charge in [0.2, 0.25) is 0 Å². The van der Waals surface area contributed by atoms with E-state index in [4.69, 9.17) is 16.3 Å². The van der Waals surface area contributed by atoms with Crippen molar-refractivity contribution < 1.29 is 17.9 Å². The molecular formula is C19H21ClF3NO. The molecule has 2 aromatic carbocycles. The highest BCUT2D eigenvalue weighted by Gasteiger charge is 2.28. The first-order valence-corrected chi connectivity index (χ1v) is 8.49. The molecule has 0 fully saturated rings. The average Bonchev–Trinajstić information content (AvgIpc) is 2.58. The second-order valence-corrected chi connectivity index (χ2v) is 6.25. The zero-order valence-electron chi connectivity index (χ0n) is 13.9. The summed E-state index contributed by atoms with van der Waals surface area (Å²) in [6.07, 6.45) is -2.55. The third kappa shape index (κ3) is 6.96. The van der Waals surface area contributed by atoms with Gasteiger partial charge in [-0.1, -0.05) is 41.9 Å². The Hall–Kier alpha value is -1.72. The molecule has 0 aliphatic carbocycles. The van der Waals surface area contributed by atoms with Gasteiger partial charge in [-0.3, -0.25) is 0 Å². The highest BCUT2D eigenvalue weighted by atomic mass is 35.5. The molecule has 0 heterocycles. The normalized spacial score (nSPS) is 12.8. The van der Waals surface area contributed by atoms with Crippen molar-refractivity contribution in [3.05, 3.63) is 64.7 Å². The first kappa shape index (κ1) is 19.6. The lowest BCUT2D eigenvalue weighted by atomic mass is 10.1. The lowest BCUT2D eigenvalue weighted by molar-refractivity contribution is -0.153. The minimum absolute atomic E-state index is 0.0145. The van der Waals surface area contributed by atoms with Gasteiger partial charge in [-0.2, -0.15) is 13.2 Å². The maximum absolute atomic E-state index is 12.2. The van der Waals surface area contributed by atoms with Crippen molar-refractivity contribution in [1.29, 1.82) is 0 Å². The molecule has 2 rings (SSSR count). The zero-order valence-corrected chi connectivity index (χ0v) is 14.7. The molecule has 0 spiro atoms. The van der Waals surface area contributed by atoms with E-state index in [0.29, 0.717) is 0 Å². The van der Waals surface area contributed by atoms with Crippen molar-refractivity contribution in [3.8, 4) is 5.75 Å². The first-order chi connectivity index (χ1) is 11.8. The molecule has 0 aromatic heterocycles. The number of hydrogen-bond acceptors (Lipinski definition) is 2. The third-order valence-corrected chi connectivity index (χ3v) is 4.16. The Kier molecular flexibility index (Phi) is 7.14. The van der Waals surface area contributed by atoms with E-state index in [-0.39, 0.29) is 11.8 Å². The molecule has 6 heteroatoms. The lowest BCUT2D eigenvalue weighted by Crippen LogP contribution is -2.21. The van der Waals surface area contributed by atoms with Crippen LogP contribution in [0.4, 0.5) is 13.2 Å². The summed E-state index contributed by atoms with van der Waals surface area (Å²) in [6, 6.07) is 14.5. The summed E-state index contributed by atoms with van der Waals surface area (Å²) in [5, 5.41) is 4.14. The van der Waals surface area contributed by atoms with Crippen LogP contribution in [0.15, 0.2) is 48.5 Å². The fourth-order valence-electron chi connectivity index (χ4n) is 2.46. The smallest absolute Gasteiger partial charge is 0.422 e. The predicted molar refractivity (Wildman–Crippen MR) is 94.2 cm³/mol. The molecule has 2 aromatic rings. The van der Waals surface area contributed by atoms with E-state index >= 15 is 0 Å². The number of halogens is 4. The number of alkyl halides is 3. The monoisotopic (exact) mass is 371 g/mol. The molecule has 0 amide bonds. The Morgan fingerprint density at radius 3 is 2.60 bits per heavy atom. The van der Waals surface area contributed by atoms with Crippen molar-refractivity contribution in [2.75, 3.05) is 13.2 Å². The van der Waals surface area contributed by atoms with Gasteiger partial charge in [-0.05, 0) is 55.6 Å². The summed E-state index contributed by atoms with van der Waals surface area (Å²) < 4.78 is 41.5. The van der Waals surface area contributed by atoms with Crippen LogP contribution in [0, 0.1) is 0 Å². The van der Waals surface area contributed by atoms with E-state index in [1.165, 1.54) is 6.07 Å². The van der Waals surface area contributed by atoms with Gasteiger partial charge in [0, 0.05) is 11.1 Å². The van der Waals surface area contributed by atoms with Crippen LogP contribution in [-0.4, -0.2) is 19.3 Å². The Labute approximate surface area is 151 Å². The Bertz CT molecular complexity index is 676. The van der Waals surface area contributed by atoms with Crippen molar-refractivity contribution in [1.82, 2.24) is 5.32 Å². The van der Waals surface area contributed by atoms with Gasteiger partial charge in [0.05, 0.1) is 0 Å². The quantitative estimate of drug-likeness (QED) is 0.613. The van der Waals surface area contributed by atoms with Gasteiger partial charge < -0.3 is 10.1 Å². The summed E-state index contributed by atoms with van der Waals surface area (Å²) in [6.45, 7) is 1.47. The van der Waals surface area contributed by atoms with E-state index in [0.717, 1.165) is 35.5 Å². The summed E-state index contributed by atoms with van der Waals surface area (Å²) in [7, 11) is 0. The fraction of sp³-hybridized carbons (Fsp3) is 0.368. The fourth-order valence-corrected chi connectivity index (χ4v) is 2.69. The van der Waals surface area contributed by atoms with Crippen molar-refractivity contribution >= 4 is 11.6 Å². The lowest BCUT2D eigenvalue weighted by Gasteiger charge is -2.16. The number of aryl methyl sites for hydroxylation is 1. The second kappa shape index (κ2) is 9.11. The highest BCUT2D eigenvalue weighted by molar-refractivity contribution is 6.31. The topological polar surface area (TPSA) is 21.3 Å². The van der Waals surface area contributed by atoms with Crippen molar-refractivity contribution in [3.63, 3.8) is 0 Å². The molecule has 1 N–H and O–H groups in total. The molecule has 0 bridgehead atoms. The van der Waals surface area contributed by atoms with Gasteiger partial charge in [0.15, 0.2) is 6.61 Å². The SMILES string of the molecule is CC(NCCCc1ccccc1Cl)c1cccc(OCC(F)(F)F)c1. The summed E-state index contributed by atoms with van der Waals surface area (Å²) in [5.74, 6) is 0.222.